The summed E-state index contributed by atoms with van der Waals surface area (Å²) in [6.45, 7) is 5.88. The second kappa shape index (κ2) is 7.30. The Bertz CT molecular complexity index is 716. The number of aryl methyl sites for hydroxylation is 1. The van der Waals surface area contributed by atoms with Gasteiger partial charge in [0.15, 0.2) is 0 Å². The Morgan fingerprint density at radius 1 is 0.958 bits per heavy atom. The number of rotatable bonds is 6. The zero-order valence-corrected chi connectivity index (χ0v) is 14.3. The first kappa shape index (κ1) is 17.7. The van der Waals surface area contributed by atoms with Gasteiger partial charge in [-0.15, -0.1) is 0 Å². The number of nitrogens with one attached hydrogen (secondary N) is 1. The fraction of sp³-hybridized carbons (Fsp3) is 0.300. The first-order valence-electron chi connectivity index (χ1n) is 8.04. The van der Waals surface area contributed by atoms with E-state index in [1.807, 2.05) is 38.1 Å². The van der Waals surface area contributed by atoms with Crippen molar-refractivity contribution in [2.24, 2.45) is 0 Å². The Kier molecular flexibility index (Phi) is 5.39. The van der Waals surface area contributed by atoms with Gasteiger partial charge < -0.3 is 10.4 Å². The number of carboxylic acid groups (broad SMARTS) is 1. The molecule has 0 fully saturated rings. The number of amides is 1. The molecule has 0 saturated carbocycles. The maximum Gasteiger partial charge on any atom is 0.307 e. The normalized spacial score (nSPS) is 11.1. The third-order valence-electron chi connectivity index (χ3n) is 4.22. The Morgan fingerprint density at radius 2 is 1.50 bits per heavy atom. The molecule has 2 N–H and O–H groups in total. The third-order valence-corrected chi connectivity index (χ3v) is 4.22. The van der Waals surface area contributed by atoms with Crippen molar-refractivity contribution in [3.05, 3.63) is 65.2 Å². The molecule has 126 valence electrons. The van der Waals surface area contributed by atoms with Crippen LogP contribution in [0.15, 0.2) is 48.5 Å². The van der Waals surface area contributed by atoms with E-state index >= 15 is 0 Å². The van der Waals surface area contributed by atoms with Crippen LogP contribution in [0.3, 0.4) is 0 Å². The van der Waals surface area contributed by atoms with Crippen LogP contribution in [0.4, 0.5) is 5.69 Å². The number of hydrogen-bond donors (Lipinski definition) is 2. The van der Waals surface area contributed by atoms with Crippen LogP contribution in [-0.4, -0.2) is 17.0 Å². The lowest BCUT2D eigenvalue weighted by molar-refractivity contribution is -0.136. The molecule has 1 amide bonds. The van der Waals surface area contributed by atoms with Gasteiger partial charge in [-0.05, 0) is 49.1 Å². The third kappa shape index (κ3) is 4.22. The average molecular weight is 325 g/mol. The summed E-state index contributed by atoms with van der Waals surface area (Å²) in [7, 11) is 0. The highest BCUT2D eigenvalue weighted by atomic mass is 16.4. The summed E-state index contributed by atoms with van der Waals surface area (Å²) in [6, 6.07) is 15.0. The molecule has 24 heavy (non-hydrogen) atoms. The number of aliphatic carboxylic acids is 1. The molecule has 2 aromatic rings. The van der Waals surface area contributed by atoms with Crippen molar-refractivity contribution in [2.45, 2.75) is 39.0 Å². The summed E-state index contributed by atoms with van der Waals surface area (Å²) in [4.78, 5) is 23.3. The second-order valence-corrected chi connectivity index (χ2v) is 6.40. The number of benzene rings is 2. The minimum Gasteiger partial charge on any atom is -0.481 e. The molecule has 0 aromatic heterocycles. The minimum absolute atomic E-state index is 0.0243. The molecule has 0 atom stereocenters. The summed E-state index contributed by atoms with van der Waals surface area (Å²) < 4.78 is 0. The molecule has 0 radical (unpaired) electrons. The van der Waals surface area contributed by atoms with E-state index in [0.29, 0.717) is 11.3 Å². The maximum absolute atomic E-state index is 12.6. The molecule has 0 aliphatic rings. The highest BCUT2D eigenvalue weighted by Gasteiger charge is 2.29. The summed E-state index contributed by atoms with van der Waals surface area (Å²) in [6.07, 6.45) is 0.944. The standard InChI is InChI=1S/C20H23NO3/c1-4-14-5-9-16(10-6-14)20(2,3)19(24)21-17-11-7-15(8-12-17)13-18(22)23/h5-12H,4,13H2,1-3H3,(H,21,24)(H,22,23). The predicted molar refractivity (Wildman–Crippen MR) is 95.3 cm³/mol. The van der Waals surface area contributed by atoms with Gasteiger partial charge in [0.05, 0.1) is 11.8 Å². The van der Waals surface area contributed by atoms with Gasteiger partial charge in [0.25, 0.3) is 0 Å². The van der Waals surface area contributed by atoms with E-state index in [1.165, 1.54) is 5.56 Å². The molecular formula is C20H23NO3. The average Bonchev–Trinajstić information content (AvgIpc) is 2.56. The smallest absolute Gasteiger partial charge is 0.307 e. The Labute approximate surface area is 142 Å². The number of anilines is 1. The number of carbonyl (C=O) groups is 2. The van der Waals surface area contributed by atoms with E-state index < -0.39 is 11.4 Å². The van der Waals surface area contributed by atoms with Gasteiger partial charge in [-0.2, -0.15) is 0 Å². The topological polar surface area (TPSA) is 66.4 Å². The van der Waals surface area contributed by atoms with Crippen LogP contribution in [0.5, 0.6) is 0 Å². The van der Waals surface area contributed by atoms with Crippen molar-refractivity contribution >= 4 is 17.6 Å². The van der Waals surface area contributed by atoms with Crippen molar-refractivity contribution in [3.8, 4) is 0 Å². The van der Waals surface area contributed by atoms with E-state index in [2.05, 4.69) is 12.2 Å². The SMILES string of the molecule is CCc1ccc(C(C)(C)C(=O)Nc2ccc(CC(=O)O)cc2)cc1. The zero-order valence-electron chi connectivity index (χ0n) is 14.3. The molecule has 0 aliphatic heterocycles. The fourth-order valence-corrected chi connectivity index (χ4v) is 2.46. The van der Waals surface area contributed by atoms with Crippen LogP contribution < -0.4 is 5.32 Å². The van der Waals surface area contributed by atoms with Gasteiger partial charge in [-0.3, -0.25) is 9.59 Å². The van der Waals surface area contributed by atoms with Gasteiger partial charge >= 0.3 is 5.97 Å². The van der Waals surface area contributed by atoms with Crippen LogP contribution in [-0.2, 0) is 27.8 Å². The molecule has 0 unspecified atom stereocenters. The lowest BCUT2D eigenvalue weighted by Gasteiger charge is -2.24. The first-order chi connectivity index (χ1) is 11.3. The molecule has 0 saturated heterocycles. The van der Waals surface area contributed by atoms with Crippen LogP contribution >= 0.6 is 0 Å². The molecule has 2 aromatic carbocycles. The van der Waals surface area contributed by atoms with E-state index in [4.69, 9.17) is 5.11 Å². The van der Waals surface area contributed by atoms with Gasteiger partial charge in [-0.25, -0.2) is 0 Å². The van der Waals surface area contributed by atoms with Gasteiger partial charge in [-0.1, -0.05) is 43.3 Å². The molecular weight excluding hydrogens is 302 g/mol. The van der Waals surface area contributed by atoms with Crippen molar-refractivity contribution < 1.29 is 14.7 Å². The van der Waals surface area contributed by atoms with E-state index in [1.54, 1.807) is 24.3 Å². The second-order valence-electron chi connectivity index (χ2n) is 6.40. The van der Waals surface area contributed by atoms with Gasteiger partial charge in [0, 0.05) is 5.69 Å². The maximum atomic E-state index is 12.6. The van der Waals surface area contributed by atoms with Crippen LogP contribution in [0.2, 0.25) is 0 Å². The molecule has 4 heteroatoms. The van der Waals surface area contributed by atoms with Crippen molar-refractivity contribution in [1.82, 2.24) is 0 Å². The zero-order chi connectivity index (χ0) is 17.7. The summed E-state index contributed by atoms with van der Waals surface area (Å²) in [5.74, 6) is -0.971. The van der Waals surface area contributed by atoms with Crippen LogP contribution in [0.25, 0.3) is 0 Å². The Morgan fingerprint density at radius 3 is 2.00 bits per heavy atom. The van der Waals surface area contributed by atoms with E-state index in [-0.39, 0.29) is 12.3 Å². The Hall–Kier alpha value is -2.62. The number of hydrogen-bond acceptors (Lipinski definition) is 2. The van der Waals surface area contributed by atoms with Crippen molar-refractivity contribution in [3.63, 3.8) is 0 Å². The summed E-state index contributed by atoms with van der Waals surface area (Å²) >= 11 is 0. The highest BCUT2D eigenvalue weighted by molar-refractivity contribution is 5.98. The largest absolute Gasteiger partial charge is 0.481 e. The first-order valence-corrected chi connectivity index (χ1v) is 8.04. The predicted octanol–water partition coefficient (Wildman–Crippen LogP) is 3.79. The van der Waals surface area contributed by atoms with Gasteiger partial charge in [0.1, 0.15) is 0 Å². The molecule has 4 nitrogen and oxygen atoms in total. The van der Waals surface area contributed by atoms with E-state index in [0.717, 1.165) is 12.0 Å². The molecule has 0 heterocycles. The van der Waals surface area contributed by atoms with Gasteiger partial charge in [0.2, 0.25) is 5.91 Å². The lowest BCUT2D eigenvalue weighted by Crippen LogP contribution is -2.34. The summed E-state index contributed by atoms with van der Waals surface area (Å²) in [5, 5.41) is 11.7. The van der Waals surface area contributed by atoms with E-state index in [9.17, 15) is 9.59 Å². The van der Waals surface area contributed by atoms with Crippen molar-refractivity contribution in [1.29, 1.82) is 0 Å². The number of carboxylic acids is 1. The lowest BCUT2D eigenvalue weighted by atomic mass is 9.83. The molecule has 2 rings (SSSR count). The Balaban J connectivity index is 2.10. The minimum atomic E-state index is -0.872. The quantitative estimate of drug-likeness (QED) is 0.849. The number of carbonyl (C=O) groups excluding carboxylic acids is 1. The molecule has 0 spiro atoms. The monoisotopic (exact) mass is 325 g/mol. The summed E-state index contributed by atoms with van der Waals surface area (Å²) in [5.41, 5.74) is 2.90. The van der Waals surface area contributed by atoms with Crippen molar-refractivity contribution in [2.75, 3.05) is 5.32 Å². The van der Waals surface area contributed by atoms with Crippen LogP contribution in [0, 0.1) is 0 Å². The molecule has 0 aliphatic carbocycles. The molecule has 0 bridgehead atoms. The fourth-order valence-electron chi connectivity index (χ4n) is 2.46. The highest BCUT2D eigenvalue weighted by Crippen LogP contribution is 2.26. The van der Waals surface area contributed by atoms with Crippen LogP contribution in [0.1, 0.15) is 37.5 Å².